The zero-order valence-electron chi connectivity index (χ0n) is 13.2. The van der Waals surface area contributed by atoms with Crippen molar-refractivity contribution < 1.29 is 9.47 Å². The second-order valence-electron chi connectivity index (χ2n) is 4.93. The molecule has 0 N–H and O–H groups in total. The maximum Gasteiger partial charge on any atom is 0.157 e. The Morgan fingerprint density at radius 3 is 3.00 bits per heavy atom. The van der Waals surface area contributed by atoms with Crippen molar-refractivity contribution >= 4 is 11.0 Å². The van der Waals surface area contributed by atoms with Gasteiger partial charge in [0.15, 0.2) is 6.29 Å². The Morgan fingerprint density at radius 1 is 1.38 bits per heavy atom. The third-order valence-corrected chi connectivity index (χ3v) is 3.51. The van der Waals surface area contributed by atoms with Crippen LogP contribution in [0.2, 0.25) is 0 Å². The fraction of sp³-hybridized carbons (Fsp3) is 0.625. The molecule has 0 aliphatic carbocycles. The Balaban J connectivity index is 0.000000774. The summed E-state index contributed by atoms with van der Waals surface area (Å²) in [7, 11) is 0. The fourth-order valence-electron chi connectivity index (χ4n) is 2.49. The predicted octanol–water partition coefficient (Wildman–Crippen LogP) is 3.31. The largest absolute Gasteiger partial charge is 0.353 e. The first-order valence-electron chi connectivity index (χ1n) is 7.83. The zero-order chi connectivity index (χ0) is 15.1. The maximum atomic E-state index is 5.76. The van der Waals surface area contributed by atoms with E-state index in [4.69, 9.17) is 9.47 Å². The van der Waals surface area contributed by atoms with Crippen molar-refractivity contribution in [1.82, 2.24) is 14.5 Å². The van der Waals surface area contributed by atoms with Crippen molar-refractivity contribution in [3.05, 3.63) is 24.3 Å². The van der Waals surface area contributed by atoms with Gasteiger partial charge in [0.05, 0.1) is 6.61 Å². The molecule has 5 heteroatoms. The van der Waals surface area contributed by atoms with Crippen LogP contribution >= 0.6 is 0 Å². The first-order valence-corrected chi connectivity index (χ1v) is 7.83. The van der Waals surface area contributed by atoms with Gasteiger partial charge in [-0.05, 0) is 31.7 Å². The SMILES string of the molecule is CC.Cc1cn(CCOC2CCCCO2)c2ncncc12. The summed E-state index contributed by atoms with van der Waals surface area (Å²) in [5, 5.41) is 1.11. The van der Waals surface area contributed by atoms with Gasteiger partial charge in [-0.3, -0.25) is 0 Å². The van der Waals surface area contributed by atoms with Crippen LogP contribution in [0, 0.1) is 6.92 Å². The van der Waals surface area contributed by atoms with Gasteiger partial charge in [0.1, 0.15) is 12.0 Å². The molecule has 0 amide bonds. The maximum absolute atomic E-state index is 5.76. The average Bonchev–Trinajstić information content (AvgIpc) is 2.87. The Hall–Kier alpha value is -1.46. The van der Waals surface area contributed by atoms with Crippen LogP contribution in [0.5, 0.6) is 0 Å². The Kier molecular flexibility index (Phi) is 6.14. The van der Waals surface area contributed by atoms with Gasteiger partial charge in [-0.25, -0.2) is 9.97 Å². The topological polar surface area (TPSA) is 49.2 Å². The van der Waals surface area contributed by atoms with Crippen LogP contribution < -0.4 is 0 Å². The van der Waals surface area contributed by atoms with E-state index in [9.17, 15) is 0 Å². The van der Waals surface area contributed by atoms with Crippen molar-refractivity contribution in [3.63, 3.8) is 0 Å². The molecule has 2 aromatic heterocycles. The monoisotopic (exact) mass is 291 g/mol. The van der Waals surface area contributed by atoms with E-state index in [2.05, 4.69) is 27.7 Å². The molecule has 21 heavy (non-hydrogen) atoms. The molecule has 1 aliphatic rings. The second kappa shape index (κ2) is 8.10. The first-order chi connectivity index (χ1) is 10.3. The minimum atomic E-state index is -0.0219. The van der Waals surface area contributed by atoms with E-state index in [-0.39, 0.29) is 6.29 Å². The van der Waals surface area contributed by atoms with Gasteiger partial charge in [0.25, 0.3) is 0 Å². The number of hydrogen-bond donors (Lipinski definition) is 0. The summed E-state index contributed by atoms with van der Waals surface area (Å²) in [5.41, 5.74) is 2.17. The number of nitrogens with zero attached hydrogens (tertiary/aromatic N) is 3. The summed E-state index contributed by atoms with van der Waals surface area (Å²) >= 11 is 0. The smallest absolute Gasteiger partial charge is 0.157 e. The van der Waals surface area contributed by atoms with Crippen molar-refractivity contribution in [3.8, 4) is 0 Å². The molecule has 0 bridgehead atoms. The molecule has 0 spiro atoms. The number of aromatic nitrogens is 3. The highest BCUT2D eigenvalue weighted by atomic mass is 16.7. The molecular weight excluding hydrogens is 266 g/mol. The fourth-order valence-corrected chi connectivity index (χ4v) is 2.49. The standard InChI is InChI=1S/C14H19N3O2.C2H6/c1-11-9-17(14-12(11)8-15-10-16-14)5-7-19-13-4-2-3-6-18-13;1-2/h8-10,13H,2-7H2,1H3;1-2H3. The molecular formula is C16H25N3O2. The summed E-state index contributed by atoms with van der Waals surface area (Å²) in [6, 6.07) is 0. The lowest BCUT2D eigenvalue weighted by molar-refractivity contribution is -0.163. The molecule has 116 valence electrons. The summed E-state index contributed by atoms with van der Waals surface area (Å²) in [4.78, 5) is 8.40. The van der Waals surface area contributed by atoms with Crippen molar-refractivity contribution in [2.45, 2.75) is 52.9 Å². The summed E-state index contributed by atoms with van der Waals surface area (Å²) in [6.45, 7) is 8.34. The average molecular weight is 291 g/mol. The lowest BCUT2D eigenvalue weighted by Gasteiger charge is -2.22. The molecule has 0 saturated carbocycles. The molecule has 1 atom stereocenters. The van der Waals surface area contributed by atoms with E-state index in [1.807, 2.05) is 20.0 Å². The van der Waals surface area contributed by atoms with Gasteiger partial charge in [0, 0.05) is 30.9 Å². The van der Waals surface area contributed by atoms with Crippen LogP contribution in [-0.4, -0.2) is 34.0 Å². The zero-order valence-corrected chi connectivity index (χ0v) is 13.2. The number of rotatable bonds is 4. The summed E-state index contributed by atoms with van der Waals surface area (Å²) in [6.07, 6.45) is 8.88. The number of aryl methyl sites for hydroxylation is 1. The summed E-state index contributed by atoms with van der Waals surface area (Å²) in [5.74, 6) is 0. The van der Waals surface area contributed by atoms with E-state index in [1.165, 1.54) is 12.0 Å². The normalized spacial score (nSPS) is 18.3. The Bertz CT molecular complexity index is 547. The van der Waals surface area contributed by atoms with E-state index in [0.717, 1.165) is 37.0 Å². The molecule has 0 radical (unpaired) electrons. The van der Waals surface area contributed by atoms with Crippen LogP contribution in [0.15, 0.2) is 18.7 Å². The van der Waals surface area contributed by atoms with E-state index >= 15 is 0 Å². The quantitative estimate of drug-likeness (QED) is 0.867. The van der Waals surface area contributed by atoms with E-state index in [1.54, 1.807) is 6.33 Å². The van der Waals surface area contributed by atoms with Crippen LogP contribution in [0.4, 0.5) is 0 Å². The molecule has 3 rings (SSSR count). The third kappa shape index (κ3) is 4.02. The van der Waals surface area contributed by atoms with Gasteiger partial charge < -0.3 is 14.0 Å². The molecule has 1 aliphatic heterocycles. The summed E-state index contributed by atoms with van der Waals surface area (Å²) < 4.78 is 13.4. The van der Waals surface area contributed by atoms with Crippen LogP contribution in [0.1, 0.15) is 38.7 Å². The minimum absolute atomic E-state index is 0.0219. The first kappa shape index (κ1) is 15.9. The van der Waals surface area contributed by atoms with Crippen LogP contribution in [0.25, 0.3) is 11.0 Å². The van der Waals surface area contributed by atoms with E-state index in [0.29, 0.717) is 6.61 Å². The van der Waals surface area contributed by atoms with Crippen molar-refractivity contribution in [2.75, 3.05) is 13.2 Å². The van der Waals surface area contributed by atoms with Gasteiger partial charge in [-0.15, -0.1) is 0 Å². The second-order valence-corrected chi connectivity index (χ2v) is 4.93. The molecule has 1 unspecified atom stereocenters. The predicted molar refractivity (Wildman–Crippen MR) is 83.2 cm³/mol. The van der Waals surface area contributed by atoms with Crippen LogP contribution in [-0.2, 0) is 16.0 Å². The van der Waals surface area contributed by atoms with Gasteiger partial charge in [-0.2, -0.15) is 0 Å². The Morgan fingerprint density at radius 2 is 2.24 bits per heavy atom. The molecule has 1 saturated heterocycles. The number of hydrogen-bond acceptors (Lipinski definition) is 4. The number of ether oxygens (including phenoxy) is 2. The van der Waals surface area contributed by atoms with Gasteiger partial charge in [0.2, 0.25) is 0 Å². The van der Waals surface area contributed by atoms with Crippen LogP contribution in [0.3, 0.4) is 0 Å². The molecule has 1 fully saturated rings. The Labute approximate surface area is 126 Å². The molecule has 0 aromatic carbocycles. The third-order valence-electron chi connectivity index (χ3n) is 3.51. The van der Waals surface area contributed by atoms with Gasteiger partial charge in [-0.1, -0.05) is 13.8 Å². The van der Waals surface area contributed by atoms with Crippen molar-refractivity contribution in [1.29, 1.82) is 0 Å². The molecule has 3 heterocycles. The molecule has 5 nitrogen and oxygen atoms in total. The lowest BCUT2D eigenvalue weighted by atomic mass is 10.2. The highest BCUT2D eigenvalue weighted by Crippen LogP contribution is 2.18. The van der Waals surface area contributed by atoms with E-state index < -0.39 is 0 Å². The highest BCUT2D eigenvalue weighted by molar-refractivity contribution is 5.78. The molecule has 2 aromatic rings. The van der Waals surface area contributed by atoms with Crippen molar-refractivity contribution in [2.24, 2.45) is 0 Å². The number of fused-ring (bicyclic) bond motifs is 1. The van der Waals surface area contributed by atoms with Gasteiger partial charge >= 0.3 is 0 Å². The highest BCUT2D eigenvalue weighted by Gasteiger charge is 2.14. The minimum Gasteiger partial charge on any atom is -0.353 e. The lowest BCUT2D eigenvalue weighted by Crippen LogP contribution is -2.23.